The molecule has 24 heavy (non-hydrogen) atoms. The standard InChI is InChI=1S/C19H22ClO2P.Li/c1-13(2)10-11-22-15-8-9-18(17(20)12-15)23-19(21)16-7-5-4-6-14(16)3;/h4-9,12-13,23H,10-11H2,1-3H3;/q;+1. The predicted octanol–water partition coefficient (Wildman–Crippen LogP) is 2.22. The van der Waals surface area contributed by atoms with E-state index in [9.17, 15) is 4.79 Å². The van der Waals surface area contributed by atoms with Gasteiger partial charge in [0.2, 0.25) is 0 Å². The molecule has 2 nitrogen and oxygen atoms in total. The van der Waals surface area contributed by atoms with Crippen LogP contribution in [-0.2, 0) is 0 Å². The Bertz CT molecular complexity index is 689. The molecule has 0 heterocycles. The second-order valence-electron chi connectivity index (χ2n) is 5.94. The van der Waals surface area contributed by atoms with Gasteiger partial charge in [-0.3, -0.25) is 4.79 Å². The normalized spacial score (nSPS) is 10.9. The first kappa shape index (κ1) is 21.3. The molecule has 122 valence electrons. The fourth-order valence-electron chi connectivity index (χ4n) is 2.12. The molecular formula is C19H22ClLiO2P+. The molecule has 1 unspecified atom stereocenters. The largest absolute Gasteiger partial charge is 1.00 e. The van der Waals surface area contributed by atoms with Crippen molar-refractivity contribution in [2.75, 3.05) is 6.61 Å². The van der Waals surface area contributed by atoms with Crippen LogP contribution in [0.25, 0.3) is 0 Å². The first-order valence-electron chi connectivity index (χ1n) is 7.76. The molecule has 0 radical (unpaired) electrons. The van der Waals surface area contributed by atoms with Crippen LogP contribution in [0.3, 0.4) is 0 Å². The monoisotopic (exact) mass is 355 g/mol. The average Bonchev–Trinajstić information content (AvgIpc) is 2.50. The van der Waals surface area contributed by atoms with Gasteiger partial charge in [0.1, 0.15) is 5.75 Å². The van der Waals surface area contributed by atoms with Crippen molar-refractivity contribution in [1.82, 2.24) is 0 Å². The molecule has 0 saturated carbocycles. The maximum atomic E-state index is 12.4. The topological polar surface area (TPSA) is 26.3 Å². The van der Waals surface area contributed by atoms with Gasteiger partial charge in [-0.2, -0.15) is 0 Å². The zero-order valence-corrected chi connectivity index (χ0v) is 16.5. The van der Waals surface area contributed by atoms with Crippen molar-refractivity contribution in [2.24, 2.45) is 5.92 Å². The van der Waals surface area contributed by atoms with E-state index in [1.807, 2.05) is 43.3 Å². The molecule has 0 amide bonds. The summed E-state index contributed by atoms with van der Waals surface area (Å²) in [5.41, 5.74) is 1.87. The first-order chi connectivity index (χ1) is 11.0. The minimum absolute atomic E-state index is 0. The number of aryl methyl sites for hydroxylation is 1. The van der Waals surface area contributed by atoms with Gasteiger partial charge < -0.3 is 4.74 Å². The minimum Gasteiger partial charge on any atom is -0.494 e. The molecule has 1 atom stereocenters. The van der Waals surface area contributed by atoms with E-state index in [-0.39, 0.29) is 33.0 Å². The molecule has 0 N–H and O–H groups in total. The summed E-state index contributed by atoms with van der Waals surface area (Å²) in [6, 6.07) is 13.2. The third-order valence-electron chi connectivity index (χ3n) is 3.54. The summed E-state index contributed by atoms with van der Waals surface area (Å²) < 4.78 is 5.70. The van der Waals surface area contributed by atoms with E-state index in [4.69, 9.17) is 16.3 Å². The molecule has 0 aliphatic rings. The van der Waals surface area contributed by atoms with Gasteiger partial charge >= 0.3 is 18.9 Å². The molecule has 2 aromatic carbocycles. The molecule has 0 aliphatic carbocycles. The van der Waals surface area contributed by atoms with E-state index >= 15 is 0 Å². The Kier molecular flexibility index (Phi) is 9.10. The van der Waals surface area contributed by atoms with Gasteiger partial charge in [0.15, 0.2) is 5.52 Å². The van der Waals surface area contributed by atoms with Gasteiger partial charge in [-0.05, 0) is 56.9 Å². The maximum absolute atomic E-state index is 12.4. The number of hydrogen-bond donors (Lipinski definition) is 0. The van der Waals surface area contributed by atoms with Crippen LogP contribution in [0.4, 0.5) is 0 Å². The van der Waals surface area contributed by atoms with E-state index in [0.29, 0.717) is 17.5 Å². The van der Waals surface area contributed by atoms with Crippen LogP contribution in [0.5, 0.6) is 5.75 Å². The molecule has 0 aromatic heterocycles. The Hall–Kier alpha value is -0.773. The Morgan fingerprint density at radius 3 is 2.54 bits per heavy atom. The zero-order valence-electron chi connectivity index (χ0n) is 14.7. The summed E-state index contributed by atoms with van der Waals surface area (Å²) in [5, 5.41) is 1.45. The number of carbonyl (C=O) groups is 1. The smallest absolute Gasteiger partial charge is 0.494 e. The summed E-state index contributed by atoms with van der Waals surface area (Å²) in [7, 11) is 0.0192. The molecule has 2 rings (SSSR count). The van der Waals surface area contributed by atoms with Crippen LogP contribution < -0.4 is 28.9 Å². The Morgan fingerprint density at radius 2 is 1.92 bits per heavy atom. The van der Waals surface area contributed by atoms with Crippen molar-refractivity contribution in [3.8, 4) is 5.75 Å². The van der Waals surface area contributed by atoms with Crippen molar-refractivity contribution in [2.45, 2.75) is 27.2 Å². The molecule has 0 fully saturated rings. The Morgan fingerprint density at radius 1 is 1.21 bits per heavy atom. The van der Waals surface area contributed by atoms with Crippen LogP contribution in [-0.4, -0.2) is 12.1 Å². The number of ether oxygens (including phenoxy) is 1. The predicted molar refractivity (Wildman–Crippen MR) is 99.9 cm³/mol. The van der Waals surface area contributed by atoms with E-state index < -0.39 is 0 Å². The summed E-state index contributed by atoms with van der Waals surface area (Å²) in [5.74, 6) is 1.37. The fraction of sp³-hybridized carbons (Fsp3) is 0.316. The number of hydrogen-bond acceptors (Lipinski definition) is 2. The average molecular weight is 356 g/mol. The number of rotatable bonds is 7. The van der Waals surface area contributed by atoms with E-state index in [1.54, 1.807) is 6.07 Å². The van der Waals surface area contributed by atoms with Gasteiger partial charge in [0.05, 0.1) is 11.6 Å². The Balaban J connectivity index is 0.00000288. The van der Waals surface area contributed by atoms with Crippen molar-refractivity contribution in [3.63, 3.8) is 0 Å². The molecule has 0 bridgehead atoms. The summed E-state index contributed by atoms with van der Waals surface area (Å²) in [6.45, 7) is 6.96. The minimum atomic E-state index is 0. The second kappa shape index (κ2) is 10.3. The number of carbonyl (C=O) groups excluding carboxylic acids is 1. The SMILES string of the molecule is Cc1ccccc1C(=O)Pc1ccc(OCCC(C)C)cc1Cl.[Li+]. The molecule has 0 spiro atoms. The second-order valence-corrected chi connectivity index (χ2v) is 7.59. The van der Waals surface area contributed by atoms with Crippen LogP contribution in [0.15, 0.2) is 42.5 Å². The van der Waals surface area contributed by atoms with Gasteiger partial charge in [-0.1, -0.05) is 49.7 Å². The zero-order chi connectivity index (χ0) is 16.8. The first-order valence-corrected chi connectivity index (χ1v) is 9.14. The number of halogens is 1. The van der Waals surface area contributed by atoms with Crippen LogP contribution >= 0.6 is 20.2 Å². The van der Waals surface area contributed by atoms with Crippen LogP contribution in [0, 0.1) is 12.8 Å². The van der Waals surface area contributed by atoms with Gasteiger partial charge in [-0.15, -0.1) is 0 Å². The third-order valence-corrected chi connectivity index (χ3v) is 5.22. The van der Waals surface area contributed by atoms with Gasteiger partial charge in [-0.25, -0.2) is 0 Å². The molecule has 0 aliphatic heterocycles. The van der Waals surface area contributed by atoms with Gasteiger partial charge in [0, 0.05) is 5.56 Å². The van der Waals surface area contributed by atoms with E-state index in [0.717, 1.165) is 28.6 Å². The van der Waals surface area contributed by atoms with Crippen molar-refractivity contribution in [1.29, 1.82) is 0 Å². The van der Waals surface area contributed by atoms with Crippen LogP contribution in [0.2, 0.25) is 5.02 Å². The van der Waals surface area contributed by atoms with Crippen LogP contribution in [0.1, 0.15) is 36.2 Å². The summed E-state index contributed by atoms with van der Waals surface area (Å²) >= 11 is 6.32. The van der Waals surface area contributed by atoms with Gasteiger partial charge in [0.25, 0.3) is 0 Å². The van der Waals surface area contributed by atoms with Crippen molar-refractivity contribution >= 4 is 31.0 Å². The molecular weight excluding hydrogens is 334 g/mol. The van der Waals surface area contributed by atoms with E-state index in [2.05, 4.69) is 13.8 Å². The quantitative estimate of drug-likeness (QED) is 0.562. The molecule has 2 aromatic rings. The third kappa shape index (κ3) is 6.27. The Labute approximate surface area is 163 Å². The fourth-order valence-corrected chi connectivity index (χ4v) is 3.45. The molecule has 5 heteroatoms. The molecule has 0 saturated heterocycles. The summed E-state index contributed by atoms with van der Waals surface area (Å²) in [4.78, 5) is 12.4. The van der Waals surface area contributed by atoms with E-state index in [1.165, 1.54) is 0 Å². The summed E-state index contributed by atoms with van der Waals surface area (Å²) in [6.07, 6.45) is 1.01. The van der Waals surface area contributed by atoms with Crippen molar-refractivity contribution in [3.05, 3.63) is 58.6 Å². The maximum Gasteiger partial charge on any atom is 1.00 e. The van der Waals surface area contributed by atoms with Crippen molar-refractivity contribution < 1.29 is 28.4 Å². The number of benzene rings is 2.